The number of rotatable bonds is 6. The van der Waals surface area contributed by atoms with Gasteiger partial charge in [-0.3, -0.25) is 0 Å². The van der Waals surface area contributed by atoms with E-state index in [1.165, 1.54) is 0 Å². The molecule has 0 aliphatic heterocycles. The lowest BCUT2D eigenvalue weighted by atomic mass is 10.5. The van der Waals surface area contributed by atoms with Crippen LogP contribution in [0.15, 0.2) is 24.6 Å². The van der Waals surface area contributed by atoms with Crippen LogP contribution in [0.2, 0.25) is 6.55 Å². The van der Waals surface area contributed by atoms with Gasteiger partial charge in [-0.2, -0.15) is 0 Å². The normalized spacial score (nSPS) is 11.7. The van der Waals surface area contributed by atoms with Crippen LogP contribution in [0.4, 0.5) is 8.78 Å². The van der Waals surface area contributed by atoms with Crippen molar-refractivity contribution in [3.05, 3.63) is 24.6 Å². The first-order valence-electron chi connectivity index (χ1n) is 3.73. The summed E-state index contributed by atoms with van der Waals surface area (Å²) in [5.74, 6) is 0. The van der Waals surface area contributed by atoms with Crippen LogP contribution in [0.1, 0.15) is 6.42 Å². The smallest absolute Gasteiger partial charge is 0.240 e. The van der Waals surface area contributed by atoms with Gasteiger partial charge in [0.2, 0.25) is 14.7 Å². The summed E-state index contributed by atoms with van der Waals surface area (Å²) in [7, 11) is -2.07. The van der Waals surface area contributed by atoms with Crippen molar-refractivity contribution in [2.24, 2.45) is 0 Å². The van der Waals surface area contributed by atoms with Crippen LogP contribution in [-0.2, 0) is 4.43 Å². The summed E-state index contributed by atoms with van der Waals surface area (Å²) in [6.45, 7) is 9.10. The first-order valence-corrected chi connectivity index (χ1v) is 6.29. The third-order valence-electron chi connectivity index (χ3n) is 1.56. The highest BCUT2D eigenvalue weighted by atomic mass is 28.4. The van der Waals surface area contributed by atoms with E-state index < -0.39 is 14.7 Å². The molecular weight excluding hydrogens is 178 g/mol. The fourth-order valence-corrected chi connectivity index (χ4v) is 1.53. The predicted molar refractivity (Wildman–Crippen MR) is 48.6 cm³/mol. The summed E-state index contributed by atoms with van der Waals surface area (Å²) in [6.07, 6.45) is -2.51. The van der Waals surface area contributed by atoms with E-state index >= 15 is 0 Å². The molecule has 0 unspecified atom stereocenters. The molecule has 0 bridgehead atoms. The second kappa shape index (κ2) is 5.21. The van der Waals surface area contributed by atoms with Gasteiger partial charge in [0.05, 0.1) is 0 Å². The fraction of sp³-hybridized carbons (Fsp3) is 0.500. The highest BCUT2D eigenvalue weighted by Crippen LogP contribution is 2.09. The van der Waals surface area contributed by atoms with Gasteiger partial charge in [0.15, 0.2) is 0 Å². The molecule has 0 fully saturated rings. The minimum absolute atomic E-state index is 0.0818. The molecule has 0 saturated carbocycles. The summed E-state index contributed by atoms with van der Waals surface area (Å²) >= 11 is 0. The van der Waals surface area contributed by atoms with Crippen LogP contribution >= 0.6 is 0 Å². The van der Waals surface area contributed by atoms with Crippen LogP contribution in [0, 0.1) is 0 Å². The van der Waals surface area contributed by atoms with Crippen LogP contribution in [-0.4, -0.2) is 21.3 Å². The lowest BCUT2D eigenvalue weighted by molar-refractivity contribution is 0.113. The maximum Gasteiger partial charge on any atom is 0.240 e. The molecule has 0 aromatic heterocycles. The van der Waals surface area contributed by atoms with Gasteiger partial charge in [-0.1, -0.05) is 11.4 Å². The number of halogens is 2. The molecule has 0 amide bonds. The van der Waals surface area contributed by atoms with Crippen molar-refractivity contribution in [1.29, 1.82) is 0 Å². The Morgan fingerprint density at radius 3 is 2.25 bits per heavy atom. The molecule has 1 nitrogen and oxygen atoms in total. The summed E-state index contributed by atoms with van der Waals surface area (Å²) in [4.78, 5) is 0. The van der Waals surface area contributed by atoms with Gasteiger partial charge in [0, 0.05) is 13.0 Å². The first-order chi connectivity index (χ1) is 5.54. The lowest BCUT2D eigenvalue weighted by Gasteiger charge is -2.18. The highest BCUT2D eigenvalue weighted by molar-refractivity contribution is 6.82. The van der Waals surface area contributed by atoms with Gasteiger partial charge >= 0.3 is 0 Å². The van der Waals surface area contributed by atoms with Crippen molar-refractivity contribution >= 4 is 8.32 Å². The monoisotopic (exact) mass is 192 g/mol. The molecule has 0 aliphatic rings. The van der Waals surface area contributed by atoms with E-state index in [9.17, 15) is 8.78 Å². The Kier molecular flexibility index (Phi) is 5.00. The minimum Gasteiger partial charge on any atom is -0.409 e. The molecular formula is C8H14F2OSi. The van der Waals surface area contributed by atoms with E-state index in [2.05, 4.69) is 13.2 Å². The van der Waals surface area contributed by atoms with Crippen molar-refractivity contribution in [1.82, 2.24) is 0 Å². The third kappa shape index (κ3) is 4.41. The van der Waals surface area contributed by atoms with E-state index in [0.717, 1.165) is 0 Å². The van der Waals surface area contributed by atoms with E-state index in [0.29, 0.717) is 0 Å². The van der Waals surface area contributed by atoms with Gasteiger partial charge in [-0.25, -0.2) is 8.78 Å². The lowest BCUT2D eigenvalue weighted by Crippen LogP contribution is -2.30. The largest absolute Gasteiger partial charge is 0.409 e. The number of alkyl halides is 2. The Morgan fingerprint density at radius 2 is 1.92 bits per heavy atom. The molecule has 0 saturated heterocycles. The number of hydrogen-bond acceptors (Lipinski definition) is 1. The van der Waals surface area contributed by atoms with E-state index in [1.54, 1.807) is 11.4 Å². The van der Waals surface area contributed by atoms with Crippen molar-refractivity contribution in [3.8, 4) is 0 Å². The zero-order valence-corrected chi connectivity index (χ0v) is 8.22. The average molecular weight is 192 g/mol. The molecule has 70 valence electrons. The van der Waals surface area contributed by atoms with Gasteiger partial charge in [-0.15, -0.1) is 13.2 Å². The summed E-state index contributed by atoms with van der Waals surface area (Å²) in [6, 6.07) is 0. The van der Waals surface area contributed by atoms with E-state index in [4.69, 9.17) is 4.43 Å². The molecule has 0 aromatic rings. The Bertz CT molecular complexity index is 151. The zero-order valence-electron chi connectivity index (χ0n) is 7.22. The molecule has 0 aromatic carbocycles. The highest BCUT2D eigenvalue weighted by Gasteiger charge is 2.20. The molecule has 0 N–H and O–H groups in total. The van der Waals surface area contributed by atoms with Gasteiger partial charge in [0.25, 0.3) is 0 Å². The average Bonchev–Trinajstić information content (AvgIpc) is 2.03. The summed E-state index contributed by atoms with van der Waals surface area (Å²) < 4.78 is 28.7. The maximum atomic E-state index is 11.7. The van der Waals surface area contributed by atoms with Gasteiger partial charge in [-0.05, 0) is 6.55 Å². The molecule has 12 heavy (non-hydrogen) atoms. The van der Waals surface area contributed by atoms with Crippen molar-refractivity contribution < 1.29 is 13.2 Å². The zero-order chi connectivity index (χ0) is 9.61. The molecule has 4 heteroatoms. The topological polar surface area (TPSA) is 9.23 Å². The fourth-order valence-electron chi connectivity index (χ4n) is 0.569. The molecule has 0 rings (SSSR count). The van der Waals surface area contributed by atoms with Crippen LogP contribution in [0.5, 0.6) is 0 Å². The van der Waals surface area contributed by atoms with Gasteiger partial charge in [0.1, 0.15) is 0 Å². The first kappa shape index (κ1) is 11.5. The van der Waals surface area contributed by atoms with Gasteiger partial charge < -0.3 is 4.43 Å². The molecule has 0 heterocycles. The summed E-state index contributed by atoms with van der Waals surface area (Å²) in [5.41, 5.74) is 3.34. The van der Waals surface area contributed by atoms with E-state index in [-0.39, 0.29) is 13.0 Å². The minimum atomic E-state index is -2.29. The Labute approximate surface area is 72.9 Å². The van der Waals surface area contributed by atoms with Crippen molar-refractivity contribution in [2.75, 3.05) is 6.61 Å². The second-order valence-corrected chi connectivity index (χ2v) is 6.09. The molecule has 0 atom stereocenters. The SMILES string of the molecule is C=C[Si](C)(C=C)OCCC(F)F. The van der Waals surface area contributed by atoms with Crippen LogP contribution < -0.4 is 0 Å². The number of hydrogen-bond donors (Lipinski definition) is 0. The van der Waals surface area contributed by atoms with Crippen molar-refractivity contribution in [3.63, 3.8) is 0 Å². The summed E-state index contributed by atoms with van der Waals surface area (Å²) in [5, 5.41) is 0. The van der Waals surface area contributed by atoms with Crippen molar-refractivity contribution in [2.45, 2.75) is 19.4 Å². The van der Waals surface area contributed by atoms with Crippen LogP contribution in [0.25, 0.3) is 0 Å². The molecule has 0 spiro atoms. The second-order valence-electron chi connectivity index (χ2n) is 2.62. The maximum absolute atomic E-state index is 11.7. The molecule has 0 aliphatic carbocycles. The Balaban J connectivity index is 3.73. The third-order valence-corrected chi connectivity index (χ3v) is 4.01. The van der Waals surface area contributed by atoms with Crippen LogP contribution in [0.3, 0.4) is 0 Å². The predicted octanol–water partition coefficient (Wildman–Crippen LogP) is 2.68. The molecule has 0 radical (unpaired) electrons. The Morgan fingerprint density at radius 1 is 1.42 bits per heavy atom. The quantitative estimate of drug-likeness (QED) is 0.588. The van der Waals surface area contributed by atoms with E-state index in [1.807, 2.05) is 6.55 Å². The standard InChI is InChI=1S/C8H14F2OSi/c1-4-12(3,5-2)11-7-6-8(9)10/h4-5,8H,1-2,6-7H2,3H3. The Hall–Kier alpha value is -0.483.